The lowest BCUT2D eigenvalue weighted by atomic mass is 10.1. The number of hydrogen-bond acceptors (Lipinski definition) is 8. The number of benzene rings is 1. The Bertz CT molecular complexity index is 1070. The Hall–Kier alpha value is -3.72. The van der Waals surface area contributed by atoms with Crippen LogP contribution >= 0.6 is 0 Å². The Morgan fingerprint density at radius 1 is 1.16 bits per heavy atom. The average Bonchev–Trinajstić information content (AvgIpc) is 2.81. The van der Waals surface area contributed by atoms with Crippen molar-refractivity contribution in [1.29, 1.82) is 5.41 Å². The molecule has 1 atom stereocenters. The predicted octanol–water partition coefficient (Wildman–Crippen LogP) is -1.00. The second-order valence-electron chi connectivity index (χ2n) is 8.20. The molecule has 0 aliphatic carbocycles. The molecule has 0 spiro atoms. The van der Waals surface area contributed by atoms with E-state index in [-0.39, 0.29) is 37.1 Å². The van der Waals surface area contributed by atoms with Crippen molar-refractivity contribution < 1.29 is 37.8 Å². The Labute approximate surface area is 215 Å². The number of sulfonamides is 1. The van der Waals surface area contributed by atoms with Gasteiger partial charge in [-0.25, -0.2) is 8.42 Å². The van der Waals surface area contributed by atoms with Crippen LogP contribution in [0.25, 0.3) is 0 Å². The van der Waals surface area contributed by atoms with Crippen molar-refractivity contribution in [3.05, 3.63) is 29.8 Å². The summed E-state index contributed by atoms with van der Waals surface area (Å²) in [6.07, 6.45) is 1.03. The number of carbonyl (C=O) groups excluding carboxylic acids is 2. The number of hydrogen-bond donors (Lipinski definition) is 6. The zero-order chi connectivity index (χ0) is 28.2. The number of nitrogens with zero attached hydrogens (tertiary/aromatic N) is 2. The van der Waals surface area contributed by atoms with Crippen molar-refractivity contribution in [2.45, 2.75) is 32.7 Å². The number of nitrogens with one attached hydrogen (secondary N) is 3. The lowest BCUT2D eigenvalue weighted by Crippen LogP contribution is -2.54. The van der Waals surface area contributed by atoms with E-state index in [1.165, 1.54) is 4.90 Å². The molecule has 0 unspecified atom stereocenters. The van der Waals surface area contributed by atoms with Crippen molar-refractivity contribution in [3.8, 4) is 0 Å². The maximum Gasteiger partial charge on any atom is 0.323 e. The minimum atomic E-state index is -3.78. The van der Waals surface area contributed by atoms with Crippen LogP contribution in [0, 0.1) is 5.41 Å². The van der Waals surface area contributed by atoms with Gasteiger partial charge < -0.3 is 31.1 Å². The topological polar surface area (TPSA) is 223 Å². The van der Waals surface area contributed by atoms with E-state index >= 15 is 0 Å². The van der Waals surface area contributed by atoms with Crippen LogP contribution in [-0.4, -0.2) is 97.6 Å². The Balaban J connectivity index is 0.00000159. The fourth-order valence-electron chi connectivity index (χ4n) is 3.18. The highest BCUT2D eigenvalue weighted by molar-refractivity contribution is 7.89. The Morgan fingerprint density at radius 2 is 1.76 bits per heavy atom. The first kappa shape index (κ1) is 31.3. The number of rotatable bonds is 12. The summed E-state index contributed by atoms with van der Waals surface area (Å²) in [6, 6.07) is 5.41. The first-order valence-corrected chi connectivity index (χ1v) is 13.1. The van der Waals surface area contributed by atoms with Gasteiger partial charge in [-0.2, -0.15) is 4.72 Å². The number of carbonyl (C=O) groups is 4. The maximum absolute atomic E-state index is 12.5. The molecule has 0 radical (unpaired) electrons. The molecule has 37 heavy (non-hydrogen) atoms. The third-order valence-electron chi connectivity index (χ3n) is 5.09. The molecule has 206 valence electrons. The summed E-state index contributed by atoms with van der Waals surface area (Å²) < 4.78 is 26.0. The van der Waals surface area contributed by atoms with Gasteiger partial charge in [0.1, 0.15) is 11.9 Å². The molecule has 1 saturated heterocycles. The summed E-state index contributed by atoms with van der Waals surface area (Å²) in [6.45, 7) is 3.03. The third-order valence-corrected chi connectivity index (χ3v) is 6.56. The standard InChI is InChI=1S/C20H30N6O6S.C2H4O2/c1-2-3-10-33(31,32)24-16(20(29)30)11-23-17(27)12-26-9-8-25(13-18(26)28)15-6-4-14(5-7-15)19(21)22;1-2(3)4/h4-7,16,24H,2-3,8-13H2,1H3,(H3,21,22)(H,23,27)(H,29,30);1H3,(H,3,4)/t16-;/m0./s1. The molecular formula is C22H34N6O8S. The van der Waals surface area contributed by atoms with Crippen LogP contribution in [0.3, 0.4) is 0 Å². The largest absolute Gasteiger partial charge is 0.481 e. The number of unbranched alkanes of at least 4 members (excludes halogenated alkanes) is 1. The first-order chi connectivity index (χ1) is 17.3. The minimum Gasteiger partial charge on any atom is -0.481 e. The van der Waals surface area contributed by atoms with Crippen molar-refractivity contribution >= 4 is 45.3 Å². The number of amides is 2. The molecule has 0 saturated carbocycles. The van der Waals surface area contributed by atoms with Crippen LogP contribution in [0.2, 0.25) is 0 Å². The van der Waals surface area contributed by atoms with Crippen molar-refractivity contribution in [3.63, 3.8) is 0 Å². The van der Waals surface area contributed by atoms with Gasteiger partial charge in [0.2, 0.25) is 21.8 Å². The summed E-state index contributed by atoms with van der Waals surface area (Å²) in [4.78, 5) is 48.3. The molecule has 1 fully saturated rings. The molecule has 7 N–H and O–H groups in total. The number of carboxylic acid groups (broad SMARTS) is 2. The first-order valence-electron chi connectivity index (χ1n) is 11.4. The molecule has 0 bridgehead atoms. The number of anilines is 1. The van der Waals surface area contributed by atoms with E-state index < -0.39 is 40.5 Å². The third kappa shape index (κ3) is 11.7. The normalized spacial score (nSPS) is 14.3. The zero-order valence-electron chi connectivity index (χ0n) is 20.8. The second kappa shape index (κ2) is 14.7. The monoisotopic (exact) mass is 542 g/mol. The number of nitrogens with two attached hydrogens (primary N) is 1. The van der Waals surface area contributed by atoms with E-state index in [0.29, 0.717) is 24.9 Å². The number of piperazine rings is 1. The van der Waals surface area contributed by atoms with E-state index in [0.717, 1.165) is 12.6 Å². The van der Waals surface area contributed by atoms with Crippen molar-refractivity contribution in [1.82, 2.24) is 14.9 Å². The van der Waals surface area contributed by atoms with Gasteiger partial charge in [-0.1, -0.05) is 13.3 Å². The van der Waals surface area contributed by atoms with Gasteiger partial charge in [0, 0.05) is 37.8 Å². The minimum absolute atomic E-state index is 0.0487. The van der Waals surface area contributed by atoms with Crippen LogP contribution in [-0.2, 0) is 29.2 Å². The molecule has 14 nitrogen and oxygen atoms in total. The fraction of sp³-hybridized carbons (Fsp3) is 0.500. The maximum atomic E-state index is 12.5. The van der Waals surface area contributed by atoms with Crippen LogP contribution < -0.4 is 20.7 Å². The van der Waals surface area contributed by atoms with Crippen LogP contribution in [0.5, 0.6) is 0 Å². The molecule has 1 aromatic carbocycles. The van der Waals surface area contributed by atoms with Gasteiger partial charge in [0.25, 0.3) is 5.97 Å². The quantitative estimate of drug-likeness (QED) is 0.139. The average molecular weight is 543 g/mol. The van der Waals surface area contributed by atoms with Crippen LogP contribution in [0.1, 0.15) is 32.3 Å². The van der Waals surface area contributed by atoms with Gasteiger partial charge in [-0.15, -0.1) is 0 Å². The van der Waals surface area contributed by atoms with Gasteiger partial charge in [-0.3, -0.25) is 24.6 Å². The Kier molecular flexibility index (Phi) is 12.5. The summed E-state index contributed by atoms with van der Waals surface area (Å²) in [5, 5.41) is 26.5. The van der Waals surface area contributed by atoms with Gasteiger partial charge in [-0.05, 0) is 30.7 Å². The van der Waals surface area contributed by atoms with E-state index in [1.54, 1.807) is 24.3 Å². The lowest BCUT2D eigenvalue weighted by Gasteiger charge is -2.35. The molecule has 2 amide bonds. The number of aliphatic carboxylic acids is 2. The molecule has 1 aliphatic heterocycles. The summed E-state index contributed by atoms with van der Waals surface area (Å²) in [5.74, 6) is -3.34. The molecule has 15 heteroatoms. The molecule has 0 aromatic heterocycles. The molecule has 1 aliphatic rings. The summed E-state index contributed by atoms with van der Waals surface area (Å²) >= 11 is 0. The van der Waals surface area contributed by atoms with Crippen molar-refractivity contribution in [2.24, 2.45) is 5.73 Å². The molecule has 1 heterocycles. The number of nitrogen functional groups attached to an aromatic ring is 1. The summed E-state index contributed by atoms with van der Waals surface area (Å²) in [7, 11) is -3.78. The van der Waals surface area contributed by atoms with Crippen LogP contribution in [0.4, 0.5) is 5.69 Å². The van der Waals surface area contributed by atoms with Crippen LogP contribution in [0.15, 0.2) is 24.3 Å². The van der Waals surface area contributed by atoms with E-state index in [9.17, 15) is 27.9 Å². The Morgan fingerprint density at radius 3 is 2.24 bits per heavy atom. The predicted molar refractivity (Wildman–Crippen MR) is 136 cm³/mol. The lowest BCUT2D eigenvalue weighted by molar-refractivity contribution is -0.139. The highest BCUT2D eigenvalue weighted by atomic mass is 32.2. The van der Waals surface area contributed by atoms with Gasteiger partial charge >= 0.3 is 5.97 Å². The highest BCUT2D eigenvalue weighted by Gasteiger charge is 2.27. The zero-order valence-corrected chi connectivity index (χ0v) is 21.6. The second-order valence-corrected chi connectivity index (χ2v) is 10.1. The number of carboxylic acids is 2. The molecular weight excluding hydrogens is 508 g/mol. The SMILES string of the molecule is CC(=O)O.CCCCS(=O)(=O)N[C@@H](CNC(=O)CN1CCN(c2ccc(C(=N)N)cc2)CC1=O)C(=O)O. The number of amidine groups is 1. The van der Waals surface area contributed by atoms with E-state index in [4.69, 9.17) is 21.0 Å². The van der Waals surface area contributed by atoms with Gasteiger partial charge in [0.15, 0.2) is 0 Å². The van der Waals surface area contributed by atoms with Gasteiger partial charge in [0.05, 0.1) is 18.8 Å². The molecule has 1 aromatic rings. The van der Waals surface area contributed by atoms with E-state index in [2.05, 4.69) is 10.0 Å². The molecule has 2 rings (SSSR count). The highest BCUT2D eigenvalue weighted by Crippen LogP contribution is 2.17. The smallest absolute Gasteiger partial charge is 0.323 e. The van der Waals surface area contributed by atoms with Crippen molar-refractivity contribution in [2.75, 3.05) is 43.4 Å². The summed E-state index contributed by atoms with van der Waals surface area (Å²) in [5.41, 5.74) is 6.81. The fourth-order valence-corrected chi connectivity index (χ4v) is 4.59. The van der Waals surface area contributed by atoms with E-state index in [1.807, 2.05) is 11.8 Å².